The Labute approximate surface area is 96.2 Å². The summed E-state index contributed by atoms with van der Waals surface area (Å²) in [5.41, 5.74) is -0.179. The first-order valence-corrected chi connectivity index (χ1v) is 4.13. The van der Waals surface area contributed by atoms with Gasteiger partial charge in [-0.3, -0.25) is 4.79 Å². The molecule has 0 bridgehead atoms. The fourth-order valence-corrected chi connectivity index (χ4v) is 0.533. The van der Waals surface area contributed by atoms with Crippen molar-refractivity contribution in [1.82, 2.24) is 0 Å². The Balaban J connectivity index is 0. The number of hydrogen-bond acceptors (Lipinski definition) is 4. The predicted octanol–water partition coefficient (Wildman–Crippen LogP) is -2.89. The van der Waals surface area contributed by atoms with Crippen molar-refractivity contribution in [2.45, 2.75) is 40.2 Å². The maximum Gasteiger partial charge on any atom is 1.00 e. The van der Waals surface area contributed by atoms with Gasteiger partial charge in [0.25, 0.3) is 0 Å². The summed E-state index contributed by atoms with van der Waals surface area (Å²) in [4.78, 5) is 20.9. The SMILES string of the molecule is CC(OC(=O)CC(=O)[O-])C(C)(C)C.[Li+]. The number of esters is 1. The van der Waals surface area contributed by atoms with E-state index in [1.165, 1.54) is 0 Å². The minimum absolute atomic E-state index is 0. The Kier molecular flexibility index (Phi) is 6.97. The van der Waals surface area contributed by atoms with Gasteiger partial charge in [0.15, 0.2) is 0 Å². The van der Waals surface area contributed by atoms with Gasteiger partial charge in [-0.25, -0.2) is 0 Å². The second-order valence-electron chi connectivity index (χ2n) is 4.05. The maximum atomic E-state index is 10.9. The van der Waals surface area contributed by atoms with Crippen LogP contribution in [0.15, 0.2) is 0 Å². The summed E-state index contributed by atoms with van der Waals surface area (Å²) in [6, 6.07) is 0. The largest absolute Gasteiger partial charge is 1.00 e. The van der Waals surface area contributed by atoms with Gasteiger partial charge in [0, 0.05) is 0 Å². The third kappa shape index (κ3) is 6.99. The van der Waals surface area contributed by atoms with Gasteiger partial charge in [0.2, 0.25) is 0 Å². The molecular weight excluding hydrogens is 179 g/mol. The molecule has 14 heavy (non-hydrogen) atoms. The van der Waals surface area contributed by atoms with Crippen molar-refractivity contribution in [3.8, 4) is 0 Å². The second-order valence-corrected chi connectivity index (χ2v) is 4.05. The van der Waals surface area contributed by atoms with Gasteiger partial charge in [0.1, 0.15) is 6.10 Å². The first kappa shape index (κ1) is 16.0. The van der Waals surface area contributed by atoms with Gasteiger partial charge in [-0.15, -0.1) is 0 Å². The molecule has 0 aromatic rings. The van der Waals surface area contributed by atoms with Crippen LogP contribution in [-0.2, 0) is 14.3 Å². The molecule has 0 saturated carbocycles. The van der Waals surface area contributed by atoms with Crippen LogP contribution in [0.4, 0.5) is 0 Å². The Morgan fingerprint density at radius 1 is 1.36 bits per heavy atom. The zero-order chi connectivity index (χ0) is 10.6. The van der Waals surface area contributed by atoms with E-state index in [-0.39, 0.29) is 30.4 Å². The molecule has 0 aliphatic heterocycles. The number of carboxylic acids is 1. The quantitative estimate of drug-likeness (QED) is 0.275. The summed E-state index contributed by atoms with van der Waals surface area (Å²) >= 11 is 0. The van der Waals surface area contributed by atoms with Gasteiger partial charge in [-0.1, -0.05) is 20.8 Å². The number of aliphatic carboxylic acids is 1. The van der Waals surface area contributed by atoms with Crippen molar-refractivity contribution in [1.29, 1.82) is 0 Å². The minimum Gasteiger partial charge on any atom is -0.550 e. The van der Waals surface area contributed by atoms with E-state index >= 15 is 0 Å². The molecule has 4 nitrogen and oxygen atoms in total. The number of carboxylic acid groups (broad SMARTS) is 1. The molecule has 0 saturated heterocycles. The summed E-state index contributed by atoms with van der Waals surface area (Å²) in [6.45, 7) is 7.45. The molecule has 1 atom stereocenters. The van der Waals surface area contributed by atoms with Crippen LogP contribution in [0.3, 0.4) is 0 Å². The monoisotopic (exact) mass is 194 g/mol. The van der Waals surface area contributed by atoms with Crippen molar-refractivity contribution < 1.29 is 38.3 Å². The van der Waals surface area contributed by atoms with E-state index in [1.807, 2.05) is 20.8 Å². The molecule has 0 aromatic heterocycles. The van der Waals surface area contributed by atoms with Gasteiger partial charge in [-0.2, -0.15) is 0 Å². The molecule has 0 radical (unpaired) electrons. The van der Waals surface area contributed by atoms with E-state index in [1.54, 1.807) is 6.92 Å². The van der Waals surface area contributed by atoms with Crippen LogP contribution in [0.1, 0.15) is 34.1 Å². The topological polar surface area (TPSA) is 66.4 Å². The Morgan fingerprint density at radius 2 is 1.79 bits per heavy atom. The number of ether oxygens (including phenoxy) is 1. The third-order valence-corrected chi connectivity index (χ3v) is 1.82. The zero-order valence-corrected chi connectivity index (χ0v) is 9.42. The van der Waals surface area contributed by atoms with E-state index < -0.39 is 18.4 Å². The van der Waals surface area contributed by atoms with Crippen molar-refractivity contribution in [3.63, 3.8) is 0 Å². The molecule has 0 rings (SSSR count). The molecule has 0 N–H and O–H groups in total. The van der Waals surface area contributed by atoms with Crippen LogP contribution in [0.5, 0.6) is 0 Å². The molecule has 5 heteroatoms. The van der Waals surface area contributed by atoms with Gasteiger partial charge in [0.05, 0.1) is 12.4 Å². The van der Waals surface area contributed by atoms with E-state index in [9.17, 15) is 14.7 Å². The predicted molar refractivity (Wildman–Crippen MR) is 44.6 cm³/mol. The fraction of sp³-hybridized carbons (Fsp3) is 0.778. The molecule has 0 aliphatic rings. The van der Waals surface area contributed by atoms with Crippen molar-refractivity contribution in [2.75, 3.05) is 0 Å². The maximum absolute atomic E-state index is 10.9. The van der Waals surface area contributed by atoms with Gasteiger partial charge < -0.3 is 14.6 Å². The molecular formula is C9H15LiO4. The van der Waals surface area contributed by atoms with E-state index in [0.29, 0.717) is 0 Å². The molecule has 1 unspecified atom stereocenters. The average Bonchev–Trinajstić information content (AvgIpc) is 1.82. The van der Waals surface area contributed by atoms with Crippen LogP contribution in [-0.4, -0.2) is 18.0 Å². The van der Waals surface area contributed by atoms with Crippen LogP contribution in [0.25, 0.3) is 0 Å². The van der Waals surface area contributed by atoms with Crippen molar-refractivity contribution in [2.24, 2.45) is 5.41 Å². The average molecular weight is 194 g/mol. The second kappa shape index (κ2) is 6.10. The Hall–Kier alpha value is -0.463. The standard InChI is InChI=1S/C9H16O4.Li/c1-6(9(2,3)4)13-8(12)5-7(10)11;/h6H,5H2,1-4H3,(H,10,11);/q;+1/p-1. The van der Waals surface area contributed by atoms with Crippen LogP contribution in [0.2, 0.25) is 0 Å². The first-order chi connectivity index (χ1) is 5.73. The van der Waals surface area contributed by atoms with E-state index in [0.717, 1.165) is 0 Å². The summed E-state index contributed by atoms with van der Waals surface area (Å²) in [7, 11) is 0. The van der Waals surface area contributed by atoms with Crippen LogP contribution < -0.4 is 24.0 Å². The van der Waals surface area contributed by atoms with Crippen LogP contribution >= 0.6 is 0 Å². The van der Waals surface area contributed by atoms with Crippen LogP contribution in [0, 0.1) is 5.41 Å². The molecule has 0 amide bonds. The van der Waals surface area contributed by atoms with Gasteiger partial charge in [-0.05, 0) is 12.3 Å². The summed E-state index contributed by atoms with van der Waals surface area (Å²) < 4.78 is 4.87. The number of carbonyl (C=O) groups is 2. The Bertz CT molecular complexity index is 207. The number of hydrogen-bond donors (Lipinski definition) is 0. The molecule has 0 fully saturated rings. The van der Waals surface area contributed by atoms with Gasteiger partial charge >= 0.3 is 24.8 Å². The Morgan fingerprint density at radius 3 is 2.07 bits per heavy atom. The number of rotatable bonds is 3. The normalized spacial score (nSPS) is 12.6. The third-order valence-electron chi connectivity index (χ3n) is 1.82. The van der Waals surface area contributed by atoms with E-state index in [2.05, 4.69) is 0 Å². The smallest absolute Gasteiger partial charge is 0.550 e. The fourth-order valence-electron chi connectivity index (χ4n) is 0.533. The molecule has 0 aliphatic carbocycles. The molecule has 0 spiro atoms. The van der Waals surface area contributed by atoms with Crippen molar-refractivity contribution >= 4 is 11.9 Å². The summed E-state index contributed by atoms with van der Waals surface area (Å²) in [5.74, 6) is -2.16. The van der Waals surface area contributed by atoms with Crippen molar-refractivity contribution in [3.05, 3.63) is 0 Å². The summed E-state index contributed by atoms with van der Waals surface area (Å²) in [5, 5.41) is 10.0. The molecule has 0 aromatic carbocycles. The molecule has 0 heterocycles. The number of carbonyl (C=O) groups excluding carboxylic acids is 2. The summed E-state index contributed by atoms with van der Waals surface area (Å²) in [6.07, 6.45) is -0.986. The van der Waals surface area contributed by atoms with E-state index in [4.69, 9.17) is 4.74 Å². The molecule has 76 valence electrons. The minimum atomic E-state index is -1.41. The first-order valence-electron chi connectivity index (χ1n) is 4.13. The zero-order valence-electron chi connectivity index (χ0n) is 9.42.